The van der Waals surface area contributed by atoms with Crippen LogP contribution in [0.1, 0.15) is 6.42 Å². The molecule has 1 fully saturated rings. The normalized spacial score (nSPS) is 31.8. The second kappa shape index (κ2) is 2.68. The van der Waals surface area contributed by atoms with Gasteiger partial charge >= 0.3 is 0 Å². The van der Waals surface area contributed by atoms with Crippen LogP contribution in [0.2, 0.25) is 0 Å². The van der Waals surface area contributed by atoms with Gasteiger partial charge in [-0.1, -0.05) is 0 Å². The molecule has 1 rings (SSSR count). The maximum atomic E-state index is 13.2. The van der Waals surface area contributed by atoms with E-state index in [0.717, 1.165) is 10.6 Å². The largest absolute Gasteiger partial charge is 0.226 e. The molecule has 0 aromatic rings. The lowest BCUT2D eigenvalue weighted by Gasteiger charge is -2.12. The van der Waals surface area contributed by atoms with Crippen LogP contribution in [0.25, 0.3) is 0 Å². The van der Waals surface area contributed by atoms with E-state index in [1.165, 1.54) is 6.07 Å². The van der Waals surface area contributed by atoms with Crippen molar-refractivity contribution in [2.24, 2.45) is 0 Å². The fraction of sp³-hybridized carbons (Fsp3) is 0.833. The Hall–Kier alpha value is -0.670. The van der Waals surface area contributed by atoms with Crippen molar-refractivity contribution in [1.82, 2.24) is 4.31 Å². The van der Waals surface area contributed by atoms with Gasteiger partial charge in [0.25, 0.3) is 0 Å². The van der Waals surface area contributed by atoms with Crippen molar-refractivity contribution in [3.8, 4) is 6.07 Å². The van der Waals surface area contributed by atoms with Crippen LogP contribution in [0.4, 0.5) is 4.39 Å². The summed E-state index contributed by atoms with van der Waals surface area (Å²) in [5.74, 6) is 0. The summed E-state index contributed by atoms with van der Waals surface area (Å²) >= 11 is 0. The summed E-state index contributed by atoms with van der Waals surface area (Å²) in [6, 6.07) is 1.47. The molecule has 0 N–H and O–H groups in total. The zero-order valence-electron chi connectivity index (χ0n) is 6.62. The Morgan fingerprint density at radius 3 is 2.50 bits per heavy atom. The highest BCUT2D eigenvalue weighted by Gasteiger charge is 2.41. The van der Waals surface area contributed by atoms with Crippen molar-refractivity contribution in [3.63, 3.8) is 0 Å². The minimum Gasteiger partial charge on any atom is -0.226 e. The van der Waals surface area contributed by atoms with Gasteiger partial charge in [-0.05, 0) is 0 Å². The van der Waals surface area contributed by atoms with E-state index in [-0.39, 0.29) is 19.5 Å². The molecule has 68 valence electrons. The predicted octanol–water partition coefficient (Wildman–Crippen LogP) is -0.116. The van der Waals surface area contributed by atoms with E-state index in [4.69, 9.17) is 5.26 Å². The third-order valence-corrected chi connectivity index (χ3v) is 3.10. The molecule has 1 aliphatic rings. The topological polar surface area (TPSA) is 61.2 Å². The Bertz CT molecular complexity index is 321. The van der Waals surface area contributed by atoms with Gasteiger partial charge in [-0.3, -0.25) is 0 Å². The summed E-state index contributed by atoms with van der Waals surface area (Å²) < 4.78 is 35.9. The third kappa shape index (κ3) is 1.73. The van der Waals surface area contributed by atoms with E-state index in [2.05, 4.69) is 0 Å². The van der Waals surface area contributed by atoms with Gasteiger partial charge in [-0.15, -0.1) is 0 Å². The fourth-order valence-corrected chi connectivity index (χ4v) is 1.98. The number of nitriles is 1. The van der Waals surface area contributed by atoms with Crippen molar-refractivity contribution in [3.05, 3.63) is 0 Å². The van der Waals surface area contributed by atoms with Crippen LogP contribution in [-0.2, 0) is 10.0 Å². The van der Waals surface area contributed by atoms with Crippen molar-refractivity contribution >= 4 is 10.0 Å². The minimum atomic E-state index is -3.34. The molecular formula is C6H9FN2O2S. The Morgan fingerprint density at radius 1 is 1.67 bits per heavy atom. The second-order valence-corrected chi connectivity index (χ2v) is 4.91. The SMILES string of the molecule is CS(=O)(=O)N1CCC(F)(C#N)C1. The molecule has 0 amide bonds. The number of hydrogen-bond donors (Lipinski definition) is 0. The number of halogens is 1. The molecule has 0 bridgehead atoms. The molecule has 0 aromatic carbocycles. The number of hydrogen-bond acceptors (Lipinski definition) is 3. The van der Waals surface area contributed by atoms with Crippen molar-refractivity contribution < 1.29 is 12.8 Å². The van der Waals surface area contributed by atoms with Crippen LogP contribution in [0.15, 0.2) is 0 Å². The first-order valence-corrected chi connectivity index (χ1v) is 5.27. The molecule has 0 aromatic heterocycles. The van der Waals surface area contributed by atoms with E-state index < -0.39 is 15.7 Å². The molecule has 1 unspecified atom stereocenters. The highest BCUT2D eigenvalue weighted by molar-refractivity contribution is 7.88. The van der Waals surface area contributed by atoms with Gasteiger partial charge in [0.15, 0.2) is 0 Å². The Labute approximate surface area is 70.6 Å². The number of alkyl halides is 1. The molecule has 0 aliphatic carbocycles. The molecule has 0 spiro atoms. The summed E-state index contributed by atoms with van der Waals surface area (Å²) in [7, 11) is -3.34. The maximum absolute atomic E-state index is 13.2. The first kappa shape index (κ1) is 9.42. The quantitative estimate of drug-likeness (QED) is 0.582. The molecular weight excluding hydrogens is 183 g/mol. The lowest BCUT2D eigenvalue weighted by atomic mass is 10.1. The zero-order valence-corrected chi connectivity index (χ0v) is 7.43. The van der Waals surface area contributed by atoms with Crippen LogP contribution in [0.3, 0.4) is 0 Å². The first-order chi connectivity index (χ1) is 5.37. The molecule has 6 heteroatoms. The van der Waals surface area contributed by atoms with Gasteiger partial charge in [0.05, 0.1) is 12.8 Å². The van der Waals surface area contributed by atoms with Crippen LogP contribution in [0.5, 0.6) is 0 Å². The summed E-state index contributed by atoms with van der Waals surface area (Å²) in [4.78, 5) is 0. The maximum Gasteiger partial charge on any atom is 0.211 e. The van der Waals surface area contributed by atoms with E-state index in [0.29, 0.717) is 0 Å². The fourth-order valence-electron chi connectivity index (χ4n) is 1.11. The van der Waals surface area contributed by atoms with Gasteiger partial charge in [0.2, 0.25) is 15.7 Å². The smallest absolute Gasteiger partial charge is 0.211 e. The second-order valence-electron chi connectivity index (χ2n) is 2.92. The molecule has 1 saturated heterocycles. The van der Waals surface area contributed by atoms with Gasteiger partial charge < -0.3 is 0 Å². The molecule has 0 saturated carbocycles. The predicted molar refractivity (Wildman–Crippen MR) is 40.5 cm³/mol. The standard InChI is InChI=1S/C6H9FN2O2S/c1-12(10,11)9-3-2-6(7,4-8)5-9/h2-3,5H2,1H3. The van der Waals surface area contributed by atoms with E-state index in [9.17, 15) is 12.8 Å². The average molecular weight is 192 g/mol. The first-order valence-electron chi connectivity index (χ1n) is 3.43. The number of nitrogens with zero attached hydrogens (tertiary/aromatic N) is 2. The average Bonchev–Trinajstić information content (AvgIpc) is 2.32. The highest BCUT2D eigenvalue weighted by atomic mass is 32.2. The van der Waals surface area contributed by atoms with Crippen molar-refractivity contribution in [1.29, 1.82) is 5.26 Å². The zero-order chi connectivity index (χ0) is 9.41. The monoisotopic (exact) mass is 192 g/mol. The van der Waals surface area contributed by atoms with Crippen LogP contribution in [0, 0.1) is 11.3 Å². The van der Waals surface area contributed by atoms with Crippen LogP contribution >= 0.6 is 0 Å². The van der Waals surface area contributed by atoms with Crippen LogP contribution in [-0.4, -0.2) is 37.7 Å². The molecule has 4 nitrogen and oxygen atoms in total. The summed E-state index contributed by atoms with van der Waals surface area (Å²) in [5, 5.41) is 8.36. The van der Waals surface area contributed by atoms with E-state index in [1.54, 1.807) is 0 Å². The Kier molecular flexibility index (Phi) is 2.10. The van der Waals surface area contributed by atoms with Gasteiger partial charge in [-0.25, -0.2) is 12.8 Å². The molecule has 0 radical (unpaired) electrons. The summed E-state index contributed by atoms with van der Waals surface area (Å²) in [6.45, 7) is -0.231. The Balaban J connectivity index is 2.78. The molecule has 1 aliphatic heterocycles. The van der Waals surface area contributed by atoms with Gasteiger partial charge in [0.1, 0.15) is 6.07 Å². The van der Waals surface area contributed by atoms with E-state index in [1.807, 2.05) is 0 Å². The highest BCUT2D eigenvalue weighted by Crippen LogP contribution is 2.25. The molecule has 12 heavy (non-hydrogen) atoms. The number of sulfonamides is 1. The van der Waals surface area contributed by atoms with Gasteiger partial charge in [0, 0.05) is 13.0 Å². The van der Waals surface area contributed by atoms with E-state index >= 15 is 0 Å². The summed E-state index contributed by atoms with van der Waals surface area (Å²) in [5.41, 5.74) is -1.98. The lowest BCUT2D eigenvalue weighted by molar-refractivity contribution is 0.256. The van der Waals surface area contributed by atoms with Crippen LogP contribution < -0.4 is 0 Å². The number of rotatable bonds is 1. The van der Waals surface area contributed by atoms with Crippen molar-refractivity contribution in [2.75, 3.05) is 19.3 Å². The minimum absolute atomic E-state index is 0.0312. The molecule has 1 atom stereocenters. The Morgan fingerprint density at radius 2 is 2.25 bits per heavy atom. The lowest BCUT2D eigenvalue weighted by Crippen LogP contribution is -2.31. The molecule has 1 heterocycles. The van der Waals surface area contributed by atoms with Crippen molar-refractivity contribution in [2.45, 2.75) is 12.1 Å². The summed E-state index contributed by atoms with van der Waals surface area (Å²) in [6.07, 6.45) is 0.979. The van der Waals surface area contributed by atoms with Gasteiger partial charge in [-0.2, -0.15) is 9.57 Å². The third-order valence-electron chi connectivity index (χ3n) is 1.85.